The first-order valence-electron chi connectivity index (χ1n) is 5.62. The van der Waals surface area contributed by atoms with Gasteiger partial charge < -0.3 is 10.5 Å². The van der Waals surface area contributed by atoms with E-state index >= 15 is 0 Å². The second-order valence-corrected chi connectivity index (χ2v) is 4.20. The molecule has 16 heavy (non-hydrogen) atoms. The van der Waals surface area contributed by atoms with Gasteiger partial charge in [-0.2, -0.15) is 4.98 Å². The standard InChI is InChI=1S/C11H17N3O2/c1-3-8-4-5-9(16-8)14-6-7(2)10(12)13-11(14)15/h6,8-9H,3-5H2,1-2H3,(H2,12,13,15). The molecule has 2 N–H and O–H groups in total. The third-order valence-electron chi connectivity index (χ3n) is 3.02. The highest BCUT2D eigenvalue weighted by atomic mass is 16.5. The van der Waals surface area contributed by atoms with E-state index in [0.29, 0.717) is 5.82 Å². The van der Waals surface area contributed by atoms with E-state index in [0.717, 1.165) is 24.8 Å². The molecule has 1 aromatic heterocycles. The van der Waals surface area contributed by atoms with Crippen LogP contribution in [0.1, 0.15) is 38.0 Å². The lowest BCUT2D eigenvalue weighted by molar-refractivity contribution is -0.00198. The maximum atomic E-state index is 11.7. The fourth-order valence-electron chi connectivity index (χ4n) is 1.98. The van der Waals surface area contributed by atoms with Crippen molar-refractivity contribution in [3.8, 4) is 0 Å². The normalized spacial score (nSPS) is 24.9. The Labute approximate surface area is 94.2 Å². The maximum Gasteiger partial charge on any atom is 0.351 e. The smallest absolute Gasteiger partial charge is 0.351 e. The minimum atomic E-state index is -0.329. The second-order valence-electron chi connectivity index (χ2n) is 4.20. The van der Waals surface area contributed by atoms with Gasteiger partial charge >= 0.3 is 5.69 Å². The van der Waals surface area contributed by atoms with Crippen LogP contribution in [0.5, 0.6) is 0 Å². The Morgan fingerprint density at radius 3 is 3.00 bits per heavy atom. The number of hydrogen-bond acceptors (Lipinski definition) is 4. The second kappa shape index (κ2) is 4.25. The highest BCUT2D eigenvalue weighted by molar-refractivity contribution is 5.35. The lowest BCUT2D eigenvalue weighted by Crippen LogP contribution is -2.28. The minimum absolute atomic E-state index is 0.177. The van der Waals surface area contributed by atoms with Crippen LogP contribution in [0.4, 0.5) is 5.82 Å². The monoisotopic (exact) mass is 223 g/mol. The van der Waals surface area contributed by atoms with E-state index in [2.05, 4.69) is 11.9 Å². The predicted octanol–water partition coefficient (Wildman–Crippen LogP) is 1.22. The van der Waals surface area contributed by atoms with Crippen LogP contribution < -0.4 is 11.4 Å². The van der Waals surface area contributed by atoms with Gasteiger partial charge in [-0.3, -0.25) is 4.57 Å². The molecular weight excluding hydrogens is 206 g/mol. The average Bonchev–Trinajstić information content (AvgIpc) is 2.71. The first kappa shape index (κ1) is 11.1. The van der Waals surface area contributed by atoms with Crippen LogP contribution in [-0.2, 0) is 4.74 Å². The summed E-state index contributed by atoms with van der Waals surface area (Å²) in [6.45, 7) is 3.92. The zero-order valence-electron chi connectivity index (χ0n) is 9.64. The van der Waals surface area contributed by atoms with Crippen molar-refractivity contribution < 1.29 is 4.74 Å². The van der Waals surface area contributed by atoms with Crippen molar-refractivity contribution in [1.82, 2.24) is 9.55 Å². The zero-order chi connectivity index (χ0) is 11.7. The number of anilines is 1. The molecule has 2 atom stereocenters. The van der Waals surface area contributed by atoms with Crippen molar-refractivity contribution in [2.45, 2.75) is 45.4 Å². The van der Waals surface area contributed by atoms with Gasteiger partial charge in [-0.1, -0.05) is 6.92 Å². The molecule has 0 aliphatic carbocycles. The van der Waals surface area contributed by atoms with Gasteiger partial charge in [0.05, 0.1) is 6.10 Å². The molecule has 1 saturated heterocycles. The third-order valence-corrected chi connectivity index (χ3v) is 3.02. The van der Waals surface area contributed by atoms with Gasteiger partial charge in [-0.05, 0) is 26.2 Å². The summed E-state index contributed by atoms with van der Waals surface area (Å²) in [4.78, 5) is 15.4. The Kier molecular flexibility index (Phi) is 2.96. The third kappa shape index (κ3) is 1.95. The molecule has 1 fully saturated rings. The van der Waals surface area contributed by atoms with Gasteiger partial charge in [0.25, 0.3) is 0 Å². The van der Waals surface area contributed by atoms with Gasteiger partial charge in [-0.15, -0.1) is 0 Å². The average molecular weight is 223 g/mol. The number of nitrogen functional groups attached to an aromatic ring is 1. The molecule has 0 aromatic carbocycles. The van der Waals surface area contributed by atoms with E-state index in [1.54, 1.807) is 10.8 Å². The van der Waals surface area contributed by atoms with Gasteiger partial charge in [-0.25, -0.2) is 4.79 Å². The Morgan fingerprint density at radius 2 is 2.38 bits per heavy atom. The largest absolute Gasteiger partial charge is 0.383 e. The minimum Gasteiger partial charge on any atom is -0.383 e. The number of hydrogen-bond donors (Lipinski definition) is 1. The molecule has 5 nitrogen and oxygen atoms in total. The van der Waals surface area contributed by atoms with Crippen LogP contribution in [0, 0.1) is 6.92 Å². The van der Waals surface area contributed by atoms with Crippen LogP contribution in [0.3, 0.4) is 0 Å². The number of ether oxygens (including phenoxy) is 1. The van der Waals surface area contributed by atoms with Gasteiger partial charge in [0.15, 0.2) is 0 Å². The van der Waals surface area contributed by atoms with Crippen LogP contribution in [-0.4, -0.2) is 15.7 Å². The number of nitrogens with zero attached hydrogens (tertiary/aromatic N) is 2. The molecule has 1 aromatic rings. The molecule has 0 bridgehead atoms. The summed E-state index contributed by atoms with van der Waals surface area (Å²) in [7, 11) is 0. The van der Waals surface area contributed by atoms with Crippen LogP contribution >= 0.6 is 0 Å². The molecule has 0 spiro atoms. The first-order valence-corrected chi connectivity index (χ1v) is 5.62. The van der Waals surface area contributed by atoms with Crippen molar-refractivity contribution in [2.24, 2.45) is 0 Å². The van der Waals surface area contributed by atoms with Gasteiger partial charge in [0.2, 0.25) is 0 Å². The van der Waals surface area contributed by atoms with Crippen molar-refractivity contribution in [1.29, 1.82) is 0 Å². The maximum absolute atomic E-state index is 11.7. The zero-order valence-corrected chi connectivity index (χ0v) is 9.64. The Morgan fingerprint density at radius 1 is 1.62 bits per heavy atom. The van der Waals surface area contributed by atoms with Crippen molar-refractivity contribution in [3.05, 3.63) is 22.2 Å². The lowest BCUT2D eigenvalue weighted by atomic mass is 10.2. The number of nitrogens with two attached hydrogens (primary N) is 1. The molecule has 5 heteroatoms. The van der Waals surface area contributed by atoms with Crippen molar-refractivity contribution in [2.75, 3.05) is 5.73 Å². The summed E-state index contributed by atoms with van der Waals surface area (Å²) in [5.41, 5.74) is 6.06. The molecular formula is C11H17N3O2. The molecule has 0 amide bonds. The number of rotatable bonds is 2. The fraction of sp³-hybridized carbons (Fsp3) is 0.636. The van der Waals surface area contributed by atoms with Gasteiger partial charge in [0.1, 0.15) is 12.0 Å². The van der Waals surface area contributed by atoms with E-state index in [-0.39, 0.29) is 18.0 Å². The summed E-state index contributed by atoms with van der Waals surface area (Å²) in [5.74, 6) is 0.297. The Balaban J connectivity index is 2.28. The van der Waals surface area contributed by atoms with E-state index in [1.165, 1.54) is 0 Å². The molecule has 2 heterocycles. The van der Waals surface area contributed by atoms with E-state index in [9.17, 15) is 4.79 Å². The highest BCUT2D eigenvalue weighted by Crippen LogP contribution is 2.28. The number of aryl methyl sites for hydroxylation is 1. The molecule has 1 aliphatic heterocycles. The van der Waals surface area contributed by atoms with E-state index < -0.39 is 0 Å². The van der Waals surface area contributed by atoms with Crippen LogP contribution in [0.15, 0.2) is 11.0 Å². The first-order chi connectivity index (χ1) is 7.61. The Bertz CT molecular complexity index is 441. The highest BCUT2D eigenvalue weighted by Gasteiger charge is 2.26. The molecule has 2 rings (SSSR count). The van der Waals surface area contributed by atoms with Crippen molar-refractivity contribution >= 4 is 5.82 Å². The molecule has 2 unspecified atom stereocenters. The van der Waals surface area contributed by atoms with Crippen LogP contribution in [0.2, 0.25) is 0 Å². The van der Waals surface area contributed by atoms with Gasteiger partial charge in [0, 0.05) is 11.8 Å². The lowest BCUT2D eigenvalue weighted by Gasteiger charge is -2.15. The SMILES string of the molecule is CCC1CCC(n2cc(C)c(N)nc2=O)O1. The molecule has 0 radical (unpaired) electrons. The quantitative estimate of drug-likeness (QED) is 0.818. The summed E-state index contributed by atoms with van der Waals surface area (Å²) in [6.07, 6.45) is 4.65. The summed E-state index contributed by atoms with van der Waals surface area (Å²) >= 11 is 0. The fourth-order valence-corrected chi connectivity index (χ4v) is 1.98. The summed E-state index contributed by atoms with van der Waals surface area (Å²) < 4.78 is 7.30. The topological polar surface area (TPSA) is 70.1 Å². The van der Waals surface area contributed by atoms with Crippen LogP contribution in [0.25, 0.3) is 0 Å². The Hall–Kier alpha value is -1.36. The predicted molar refractivity (Wildman–Crippen MR) is 61.1 cm³/mol. The molecule has 0 saturated carbocycles. The van der Waals surface area contributed by atoms with E-state index in [4.69, 9.17) is 10.5 Å². The number of aromatic nitrogens is 2. The summed E-state index contributed by atoms with van der Waals surface area (Å²) in [6, 6.07) is 0. The van der Waals surface area contributed by atoms with E-state index in [1.807, 2.05) is 6.92 Å². The van der Waals surface area contributed by atoms with Crippen molar-refractivity contribution in [3.63, 3.8) is 0 Å². The molecule has 88 valence electrons. The summed E-state index contributed by atoms with van der Waals surface area (Å²) in [5, 5.41) is 0. The molecule has 1 aliphatic rings.